The Labute approximate surface area is 112 Å². The molecule has 0 saturated heterocycles. The number of ether oxygens (including phenoxy) is 2. The van der Waals surface area contributed by atoms with Gasteiger partial charge in [0.05, 0.1) is 26.5 Å². The van der Waals surface area contributed by atoms with E-state index in [-0.39, 0.29) is 0 Å². The van der Waals surface area contributed by atoms with Crippen LogP contribution in [0.4, 0.5) is 0 Å². The van der Waals surface area contributed by atoms with E-state index in [2.05, 4.69) is 9.97 Å². The molecule has 1 heterocycles. The standard InChI is InChI=1S/C14H17N3O2/c1-18-12-5-3-10(4-6-12)7-11-8-14(19-2)17-13(9-15)16-11/h3-6,8H,7,9,15H2,1-2H3. The fourth-order valence-electron chi connectivity index (χ4n) is 1.76. The Morgan fingerprint density at radius 1 is 1.05 bits per heavy atom. The first-order valence-corrected chi connectivity index (χ1v) is 5.99. The lowest BCUT2D eigenvalue weighted by molar-refractivity contribution is 0.394. The highest BCUT2D eigenvalue weighted by molar-refractivity contribution is 5.30. The Morgan fingerprint density at radius 3 is 2.37 bits per heavy atom. The van der Waals surface area contributed by atoms with Crippen molar-refractivity contribution in [2.24, 2.45) is 5.73 Å². The number of rotatable bonds is 5. The van der Waals surface area contributed by atoms with E-state index in [0.29, 0.717) is 24.7 Å². The van der Waals surface area contributed by atoms with E-state index in [0.717, 1.165) is 17.0 Å². The topological polar surface area (TPSA) is 70.3 Å². The molecule has 0 aliphatic carbocycles. The Kier molecular flexibility index (Phi) is 4.30. The quantitative estimate of drug-likeness (QED) is 0.882. The van der Waals surface area contributed by atoms with Gasteiger partial charge in [-0.15, -0.1) is 0 Å². The summed E-state index contributed by atoms with van der Waals surface area (Å²) in [6, 6.07) is 9.70. The van der Waals surface area contributed by atoms with Crippen molar-refractivity contribution in [1.82, 2.24) is 9.97 Å². The van der Waals surface area contributed by atoms with Crippen LogP contribution < -0.4 is 15.2 Å². The molecule has 0 radical (unpaired) electrons. The van der Waals surface area contributed by atoms with Gasteiger partial charge in [0.25, 0.3) is 0 Å². The molecular formula is C14H17N3O2. The van der Waals surface area contributed by atoms with Crippen LogP contribution in [0.25, 0.3) is 0 Å². The molecule has 0 spiro atoms. The van der Waals surface area contributed by atoms with Gasteiger partial charge >= 0.3 is 0 Å². The SMILES string of the molecule is COc1ccc(Cc2cc(OC)nc(CN)n2)cc1. The van der Waals surface area contributed by atoms with Gasteiger partial charge in [-0.25, -0.2) is 4.98 Å². The molecule has 0 atom stereocenters. The Bertz CT molecular complexity index is 519. The minimum absolute atomic E-state index is 0.298. The molecule has 0 aliphatic rings. The molecule has 0 fully saturated rings. The maximum atomic E-state index is 5.58. The average molecular weight is 259 g/mol. The van der Waals surface area contributed by atoms with Gasteiger partial charge in [-0.1, -0.05) is 12.1 Å². The second kappa shape index (κ2) is 6.15. The highest BCUT2D eigenvalue weighted by Gasteiger charge is 2.05. The summed E-state index contributed by atoms with van der Waals surface area (Å²) in [7, 11) is 3.23. The molecule has 0 unspecified atom stereocenters. The fourth-order valence-corrected chi connectivity index (χ4v) is 1.76. The number of hydrogen-bond donors (Lipinski definition) is 1. The van der Waals surface area contributed by atoms with Crippen LogP contribution in [-0.2, 0) is 13.0 Å². The first-order valence-electron chi connectivity index (χ1n) is 5.99. The maximum absolute atomic E-state index is 5.58. The van der Waals surface area contributed by atoms with E-state index in [4.69, 9.17) is 15.2 Å². The normalized spacial score (nSPS) is 10.3. The van der Waals surface area contributed by atoms with Gasteiger partial charge < -0.3 is 15.2 Å². The van der Waals surface area contributed by atoms with E-state index in [1.807, 2.05) is 30.3 Å². The molecule has 0 saturated carbocycles. The zero-order valence-corrected chi connectivity index (χ0v) is 11.1. The minimum atomic E-state index is 0.298. The highest BCUT2D eigenvalue weighted by Crippen LogP contribution is 2.16. The van der Waals surface area contributed by atoms with Crippen LogP contribution >= 0.6 is 0 Å². The van der Waals surface area contributed by atoms with Crippen molar-refractivity contribution in [2.45, 2.75) is 13.0 Å². The lowest BCUT2D eigenvalue weighted by Gasteiger charge is -2.07. The van der Waals surface area contributed by atoms with Gasteiger partial charge in [0.2, 0.25) is 5.88 Å². The molecule has 1 aromatic carbocycles. The van der Waals surface area contributed by atoms with Crippen molar-refractivity contribution < 1.29 is 9.47 Å². The van der Waals surface area contributed by atoms with Crippen molar-refractivity contribution in [3.05, 3.63) is 47.4 Å². The predicted molar refractivity (Wildman–Crippen MR) is 72.3 cm³/mol. The van der Waals surface area contributed by atoms with Crippen LogP contribution in [0, 0.1) is 0 Å². The van der Waals surface area contributed by atoms with Crippen molar-refractivity contribution in [3.63, 3.8) is 0 Å². The van der Waals surface area contributed by atoms with Crippen LogP contribution in [0.2, 0.25) is 0 Å². The molecule has 0 bridgehead atoms. The Hall–Kier alpha value is -2.14. The largest absolute Gasteiger partial charge is 0.497 e. The first-order chi connectivity index (χ1) is 9.25. The Morgan fingerprint density at radius 2 is 1.79 bits per heavy atom. The fraction of sp³-hybridized carbons (Fsp3) is 0.286. The van der Waals surface area contributed by atoms with Crippen LogP contribution in [0.3, 0.4) is 0 Å². The summed E-state index contributed by atoms with van der Waals surface area (Å²) in [5, 5.41) is 0. The molecule has 2 rings (SSSR count). The lowest BCUT2D eigenvalue weighted by Crippen LogP contribution is -2.07. The third-order valence-electron chi connectivity index (χ3n) is 2.74. The monoisotopic (exact) mass is 259 g/mol. The lowest BCUT2D eigenvalue weighted by atomic mass is 10.1. The number of methoxy groups -OCH3 is 2. The second-order valence-corrected chi connectivity index (χ2v) is 4.05. The van der Waals surface area contributed by atoms with E-state index in [1.165, 1.54) is 0 Å². The molecule has 2 N–H and O–H groups in total. The summed E-state index contributed by atoms with van der Waals surface area (Å²) in [5.41, 5.74) is 7.61. The molecule has 5 nitrogen and oxygen atoms in total. The van der Waals surface area contributed by atoms with Gasteiger partial charge in [0, 0.05) is 12.5 Å². The summed E-state index contributed by atoms with van der Waals surface area (Å²) >= 11 is 0. The summed E-state index contributed by atoms with van der Waals surface area (Å²) in [4.78, 5) is 8.55. The number of nitrogens with two attached hydrogens (primary N) is 1. The molecular weight excluding hydrogens is 242 g/mol. The van der Waals surface area contributed by atoms with Crippen LogP contribution in [-0.4, -0.2) is 24.2 Å². The second-order valence-electron chi connectivity index (χ2n) is 4.05. The number of benzene rings is 1. The molecule has 100 valence electrons. The molecule has 19 heavy (non-hydrogen) atoms. The van der Waals surface area contributed by atoms with Crippen molar-refractivity contribution in [3.8, 4) is 11.6 Å². The summed E-state index contributed by atoms with van der Waals surface area (Å²) in [5.74, 6) is 1.97. The minimum Gasteiger partial charge on any atom is -0.497 e. The summed E-state index contributed by atoms with van der Waals surface area (Å²) < 4.78 is 10.3. The summed E-state index contributed by atoms with van der Waals surface area (Å²) in [6.07, 6.45) is 0.704. The molecule has 2 aromatic rings. The van der Waals surface area contributed by atoms with Gasteiger partial charge in [-0.3, -0.25) is 0 Å². The van der Waals surface area contributed by atoms with Crippen LogP contribution in [0.15, 0.2) is 30.3 Å². The van der Waals surface area contributed by atoms with Crippen molar-refractivity contribution in [2.75, 3.05) is 14.2 Å². The number of aromatic nitrogens is 2. The van der Waals surface area contributed by atoms with Crippen molar-refractivity contribution in [1.29, 1.82) is 0 Å². The van der Waals surface area contributed by atoms with E-state index >= 15 is 0 Å². The summed E-state index contributed by atoms with van der Waals surface area (Å²) in [6.45, 7) is 0.298. The molecule has 1 aromatic heterocycles. The van der Waals surface area contributed by atoms with E-state index in [9.17, 15) is 0 Å². The third kappa shape index (κ3) is 3.42. The van der Waals surface area contributed by atoms with Crippen LogP contribution in [0.5, 0.6) is 11.6 Å². The molecule has 0 aliphatic heterocycles. The third-order valence-corrected chi connectivity index (χ3v) is 2.74. The van der Waals surface area contributed by atoms with E-state index in [1.54, 1.807) is 14.2 Å². The van der Waals surface area contributed by atoms with Crippen LogP contribution in [0.1, 0.15) is 17.1 Å². The molecule has 5 heteroatoms. The van der Waals surface area contributed by atoms with Gasteiger partial charge in [-0.05, 0) is 17.7 Å². The zero-order valence-electron chi connectivity index (χ0n) is 11.1. The highest BCUT2D eigenvalue weighted by atomic mass is 16.5. The maximum Gasteiger partial charge on any atom is 0.216 e. The first kappa shape index (κ1) is 13.3. The van der Waals surface area contributed by atoms with Gasteiger partial charge in [-0.2, -0.15) is 4.98 Å². The smallest absolute Gasteiger partial charge is 0.216 e. The number of nitrogens with zero attached hydrogens (tertiary/aromatic N) is 2. The number of hydrogen-bond acceptors (Lipinski definition) is 5. The van der Waals surface area contributed by atoms with Gasteiger partial charge in [0.15, 0.2) is 0 Å². The van der Waals surface area contributed by atoms with Crippen molar-refractivity contribution >= 4 is 0 Å². The predicted octanol–water partition coefficient (Wildman–Crippen LogP) is 1.54. The van der Waals surface area contributed by atoms with E-state index < -0.39 is 0 Å². The zero-order chi connectivity index (χ0) is 13.7. The van der Waals surface area contributed by atoms with Gasteiger partial charge in [0.1, 0.15) is 11.6 Å². The molecule has 0 amide bonds. The average Bonchev–Trinajstić information content (AvgIpc) is 2.47. The Balaban J connectivity index is 2.21.